The quantitative estimate of drug-likeness (QED) is 0.615. The van der Waals surface area contributed by atoms with Gasteiger partial charge < -0.3 is 10.1 Å². The van der Waals surface area contributed by atoms with Gasteiger partial charge >= 0.3 is 0 Å². The molecule has 3 aromatic heterocycles. The molecule has 1 aromatic carbocycles. The van der Waals surface area contributed by atoms with Gasteiger partial charge in [-0.15, -0.1) is 0 Å². The summed E-state index contributed by atoms with van der Waals surface area (Å²) in [6.07, 6.45) is 3.28. The molecule has 0 radical (unpaired) electrons. The second kappa shape index (κ2) is 6.18. The summed E-state index contributed by atoms with van der Waals surface area (Å²) in [4.78, 5) is 21.4. The Morgan fingerprint density at radius 1 is 1.23 bits per heavy atom. The second-order valence-electron chi connectivity index (χ2n) is 5.56. The molecule has 126 valence electrons. The molecule has 0 bridgehead atoms. The van der Waals surface area contributed by atoms with Gasteiger partial charge in [-0.3, -0.25) is 14.2 Å². The third-order valence-electron chi connectivity index (χ3n) is 4.02. The third kappa shape index (κ3) is 2.50. The Hall–Kier alpha value is -3.92. The molecule has 1 N–H and O–H groups in total. The molecule has 4 rings (SSSR count). The van der Waals surface area contributed by atoms with Crippen molar-refractivity contribution in [3.05, 3.63) is 70.8 Å². The average molecular weight is 343 g/mol. The van der Waals surface area contributed by atoms with E-state index in [1.165, 1.54) is 11.5 Å². The zero-order chi connectivity index (χ0) is 18.1. The van der Waals surface area contributed by atoms with Crippen LogP contribution in [0.2, 0.25) is 0 Å². The Labute approximate surface area is 148 Å². The van der Waals surface area contributed by atoms with Crippen LogP contribution in [0.1, 0.15) is 5.56 Å². The van der Waals surface area contributed by atoms with Crippen molar-refractivity contribution in [2.75, 3.05) is 12.4 Å². The fourth-order valence-electron chi connectivity index (χ4n) is 2.78. The SMILES string of the molecule is COc1cccn2c(=O)c(C#N)c(Nc3ccc4ncccc4c3)nc12. The fraction of sp³-hybridized carbons (Fsp3) is 0.0526. The van der Waals surface area contributed by atoms with Crippen LogP contribution in [0.25, 0.3) is 16.6 Å². The molecule has 26 heavy (non-hydrogen) atoms. The molecule has 3 heterocycles. The molecule has 0 fully saturated rings. The molecular weight excluding hydrogens is 330 g/mol. The molecule has 0 aliphatic heterocycles. The number of ether oxygens (including phenoxy) is 1. The van der Waals surface area contributed by atoms with Crippen LogP contribution in [-0.4, -0.2) is 21.5 Å². The first-order valence-corrected chi connectivity index (χ1v) is 7.82. The smallest absolute Gasteiger partial charge is 0.278 e. The van der Waals surface area contributed by atoms with E-state index < -0.39 is 5.56 Å². The maximum absolute atomic E-state index is 12.6. The number of anilines is 2. The van der Waals surface area contributed by atoms with E-state index >= 15 is 0 Å². The fourth-order valence-corrected chi connectivity index (χ4v) is 2.78. The maximum Gasteiger partial charge on any atom is 0.278 e. The number of benzene rings is 1. The van der Waals surface area contributed by atoms with Crippen molar-refractivity contribution in [2.24, 2.45) is 0 Å². The van der Waals surface area contributed by atoms with E-state index in [0.717, 1.165) is 10.9 Å². The summed E-state index contributed by atoms with van der Waals surface area (Å²) >= 11 is 0. The molecule has 0 saturated heterocycles. The van der Waals surface area contributed by atoms with Crippen LogP contribution in [0, 0.1) is 11.3 Å². The first-order chi connectivity index (χ1) is 12.7. The van der Waals surface area contributed by atoms with Crippen LogP contribution >= 0.6 is 0 Å². The molecule has 0 aliphatic carbocycles. The number of hydrogen-bond donors (Lipinski definition) is 1. The van der Waals surface area contributed by atoms with Crippen molar-refractivity contribution in [2.45, 2.75) is 0 Å². The summed E-state index contributed by atoms with van der Waals surface area (Å²) in [5.41, 5.74) is 1.37. The van der Waals surface area contributed by atoms with Gasteiger partial charge in [0.15, 0.2) is 22.8 Å². The zero-order valence-corrected chi connectivity index (χ0v) is 13.8. The van der Waals surface area contributed by atoms with E-state index in [9.17, 15) is 10.1 Å². The highest BCUT2D eigenvalue weighted by molar-refractivity contribution is 5.83. The zero-order valence-electron chi connectivity index (χ0n) is 13.8. The van der Waals surface area contributed by atoms with Gasteiger partial charge in [0.1, 0.15) is 6.07 Å². The lowest BCUT2D eigenvalue weighted by Gasteiger charge is -2.11. The van der Waals surface area contributed by atoms with E-state index in [-0.39, 0.29) is 11.4 Å². The second-order valence-corrected chi connectivity index (χ2v) is 5.56. The molecule has 7 nitrogen and oxygen atoms in total. The summed E-state index contributed by atoms with van der Waals surface area (Å²) in [5, 5.41) is 13.5. The highest BCUT2D eigenvalue weighted by Crippen LogP contribution is 2.23. The molecular formula is C19H13N5O2. The molecule has 0 saturated carbocycles. The minimum Gasteiger partial charge on any atom is -0.493 e. The van der Waals surface area contributed by atoms with Gasteiger partial charge in [0.2, 0.25) is 0 Å². The van der Waals surface area contributed by atoms with E-state index in [1.807, 2.05) is 36.4 Å². The normalized spacial score (nSPS) is 10.6. The Morgan fingerprint density at radius 2 is 2.12 bits per heavy atom. The largest absolute Gasteiger partial charge is 0.493 e. The predicted molar refractivity (Wildman–Crippen MR) is 97.8 cm³/mol. The summed E-state index contributed by atoms with van der Waals surface area (Å²) in [5.74, 6) is 0.630. The highest BCUT2D eigenvalue weighted by atomic mass is 16.5. The predicted octanol–water partition coefficient (Wildman–Crippen LogP) is 2.87. The summed E-state index contributed by atoms with van der Waals surface area (Å²) in [6.45, 7) is 0. The molecule has 0 spiro atoms. The molecule has 7 heteroatoms. The number of methoxy groups -OCH3 is 1. The highest BCUT2D eigenvalue weighted by Gasteiger charge is 2.15. The van der Waals surface area contributed by atoms with Gasteiger partial charge in [-0.05, 0) is 36.4 Å². The lowest BCUT2D eigenvalue weighted by molar-refractivity contribution is 0.416. The van der Waals surface area contributed by atoms with E-state index in [1.54, 1.807) is 24.5 Å². The molecule has 0 aliphatic rings. The average Bonchev–Trinajstić information content (AvgIpc) is 2.68. The molecule has 0 atom stereocenters. The van der Waals surface area contributed by atoms with Crippen LogP contribution in [0.4, 0.5) is 11.5 Å². The van der Waals surface area contributed by atoms with Crippen LogP contribution in [0.5, 0.6) is 5.75 Å². The van der Waals surface area contributed by atoms with Gasteiger partial charge in [-0.2, -0.15) is 5.26 Å². The lowest BCUT2D eigenvalue weighted by atomic mass is 10.2. The van der Waals surface area contributed by atoms with Crippen molar-refractivity contribution in [1.29, 1.82) is 5.26 Å². The van der Waals surface area contributed by atoms with Gasteiger partial charge in [-0.1, -0.05) is 6.07 Å². The topological polar surface area (TPSA) is 92.3 Å². The van der Waals surface area contributed by atoms with E-state index in [4.69, 9.17) is 4.74 Å². The number of hydrogen-bond acceptors (Lipinski definition) is 6. The number of nitrogens with zero attached hydrogens (tertiary/aromatic N) is 4. The Morgan fingerprint density at radius 3 is 2.92 bits per heavy atom. The van der Waals surface area contributed by atoms with E-state index in [0.29, 0.717) is 17.1 Å². The number of aromatic nitrogens is 3. The number of rotatable bonds is 3. The number of fused-ring (bicyclic) bond motifs is 2. The van der Waals surface area contributed by atoms with Crippen molar-refractivity contribution < 1.29 is 4.74 Å². The van der Waals surface area contributed by atoms with Gasteiger partial charge in [0, 0.05) is 23.5 Å². The Kier molecular flexibility index (Phi) is 3.71. The number of pyridine rings is 2. The maximum atomic E-state index is 12.6. The minimum atomic E-state index is -0.457. The van der Waals surface area contributed by atoms with Gasteiger partial charge in [0.25, 0.3) is 5.56 Å². The first-order valence-electron chi connectivity index (χ1n) is 7.82. The van der Waals surface area contributed by atoms with E-state index in [2.05, 4.69) is 15.3 Å². The van der Waals surface area contributed by atoms with Crippen molar-refractivity contribution >= 4 is 28.1 Å². The number of nitrogens with one attached hydrogen (secondary N) is 1. The Bertz CT molecular complexity index is 1240. The lowest BCUT2D eigenvalue weighted by Crippen LogP contribution is -2.20. The summed E-state index contributed by atoms with van der Waals surface area (Å²) in [6, 6.07) is 14.7. The monoisotopic (exact) mass is 343 g/mol. The van der Waals surface area contributed by atoms with Crippen molar-refractivity contribution in [3.8, 4) is 11.8 Å². The summed E-state index contributed by atoms with van der Waals surface area (Å²) < 4.78 is 6.58. The number of nitriles is 1. The van der Waals surface area contributed by atoms with Crippen LogP contribution in [0.3, 0.4) is 0 Å². The van der Waals surface area contributed by atoms with Crippen LogP contribution in [-0.2, 0) is 0 Å². The molecule has 4 aromatic rings. The molecule has 0 amide bonds. The Balaban J connectivity index is 1.89. The van der Waals surface area contributed by atoms with Crippen molar-refractivity contribution in [1.82, 2.24) is 14.4 Å². The summed E-state index contributed by atoms with van der Waals surface area (Å²) in [7, 11) is 1.50. The standard InChI is InChI=1S/C19H13N5O2/c1-26-16-5-3-9-24-18(16)23-17(14(11-20)19(24)25)22-13-6-7-15-12(10-13)4-2-8-21-15/h2-10,22H,1H3. The molecule has 0 unspecified atom stereocenters. The van der Waals surface area contributed by atoms with Gasteiger partial charge in [-0.25, -0.2) is 4.98 Å². The first kappa shape index (κ1) is 15.6. The van der Waals surface area contributed by atoms with Crippen molar-refractivity contribution in [3.63, 3.8) is 0 Å². The van der Waals surface area contributed by atoms with Crippen LogP contribution in [0.15, 0.2) is 59.7 Å². The minimum absolute atomic E-state index is 0.0676. The van der Waals surface area contributed by atoms with Crippen LogP contribution < -0.4 is 15.6 Å². The third-order valence-corrected chi connectivity index (χ3v) is 4.02. The van der Waals surface area contributed by atoms with Gasteiger partial charge in [0.05, 0.1) is 12.6 Å².